The maximum atomic E-state index is 12.8. The van der Waals surface area contributed by atoms with Crippen molar-refractivity contribution in [2.24, 2.45) is 0 Å². The molecule has 0 amide bonds. The van der Waals surface area contributed by atoms with Gasteiger partial charge in [-0.3, -0.25) is 14.2 Å². The predicted molar refractivity (Wildman–Crippen MR) is 108 cm³/mol. The van der Waals surface area contributed by atoms with Gasteiger partial charge >= 0.3 is 0 Å². The summed E-state index contributed by atoms with van der Waals surface area (Å²) >= 11 is 1.48. The Labute approximate surface area is 162 Å². The zero-order valence-corrected chi connectivity index (χ0v) is 15.8. The van der Waals surface area contributed by atoms with Crippen LogP contribution < -0.4 is 5.56 Å². The Balaban J connectivity index is 1.70. The average molecular weight is 382 g/mol. The van der Waals surface area contributed by atoms with E-state index in [0.29, 0.717) is 47.6 Å². The van der Waals surface area contributed by atoms with Gasteiger partial charge in [-0.15, -0.1) is 0 Å². The van der Waals surface area contributed by atoms with E-state index in [4.69, 9.17) is 5.11 Å². The van der Waals surface area contributed by atoms with Crippen molar-refractivity contribution in [2.75, 3.05) is 12.4 Å². The van der Waals surface area contributed by atoms with Crippen LogP contribution in [0.4, 0.5) is 0 Å². The van der Waals surface area contributed by atoms with Crippen LogP contribution in [0.1, 0.15) is 29.6 Å². The molecule has 0 saturated carbocycles. The van der Waals surface area contributed by atoms with E-state index in [1.54, 1.807) is 10.6 Å². The quantitative estimate of drug-likeness (QED) is 0.265. The molecule has 0 aliphatic rings. The van der Waals surface area contributed by atoms with Crippen LogP contribution in [-0.2, 0) is 6.54 Å². The van der Waals surface area contributed by atoms with Gasteiger partial charge in [-0.25, -0.2) is 4.98 Å². The van der Waals surface area contributed by atoms with E-state index in [1.807, 2.05) is 48.5 Å². The first kappa shape index (κ1) is 19.3. The summed E-state index contributed by atoms with van der Waals surface area (Å²) in [4.78, 5) is 29.6. The lowest BCUT2D eigenvalue weighted by Crippen LogP contribution is -2.24. The van der Waals surface area contributed by atoms with Gasteiger partial charge in [-0.2, -0.15) is 0 Å². The number of rotatable bonds is 9. The second-order valence-corrected chi connectivity index (χ2v) is 7.25. The highest BCUT2D eigenvalue weighted by atomic mass is 32.2. The average Bonchev–Trinajstić information content (AvgIpc) is 2.71. The van der Waals surface area contributed by atoms with E-state index in [-0.39, 0.29) is 17.9 Å². The number of ketones is 1. The fourth-order valence-corrected chi connectivity index (χ4v) is 3.81. The molecule has 1 heterocycles. The van der Waals surface area contributed by atoms with Crippen molar-refractivity contribution in [3.05, 3.63) is 70.5 Å². The fourth-order valence-electron chi connectivity index (χ4n) is 2.85. The van der Waals surface area contributed by atoms with Crippen LogP contribution in [0.3, 0.4) is 0 Å². The fraction of sp³-hybridized carbons (Fsp3) is 0.286. The van der Waals surface area contributed by atoms with E-state index in [9.17, 15) is 9.59 Å². The van der Waals surface area contributed by atoms with Crippen molar-refractivity contribution in [2.45, 2.75) is 31.0 Å². The molecule has 0 unspecified atom stereocenters. The van der Waals surface area contributed by atoms with Gasteiger partial charge < -0.3 is 5.11 Å². The van der Waals surface area contributed by atoms with Gasteiger partial charge in [0.25, 0.3) is 5.56 Å². The van der Waals surface area contributed by atoms with Crippen molar-refractivity contribution in [3.8, 4) is 0 Å². The highest BCUT2D eigenvalue weighted by molar-refractivity contribution is 7.99. The maximum Gasteiger partial charge on any atom is 0.262 e. The molecule has 0 spiro atoms. The van der Waals surface area contributed by atoms with Crippen LogP contribution in [0, 0.1) is 0 Å². The highest BCUT2D eigenvalue weighted by Gasteiger charge is 2.12. The van der Waals surface area contributed by atoms with Crippen LogP contribution in [0.15, 0.2) is 64.5 Å². The number of thioether (sulfide) groups is 1. The lowest BCUT2D eigenvalue weighted by atomic mass is 10.1. The molecule has 3 aromatic rings. The number of Topliss-reactive ketones (excluding diaryl/α,β-unsaturated/α-hetero) is 1. The number of para-hydroxylation sites is 1. The number of hydrogen-bond acceptors (Lipinski definition) is 5. The summed E-state index contributed by atoms with van der Waals surface area (Å²) in [7, 11) is 0. The van der Waals surface area contributed by atoms with Gasteiger partial charge in [-0.1, -0.05) is 54.2 Å². The zero-order chi connectivity index (χ0) is 19.1. The highest BCUT2D eigenvalue weighted by Crippen LogP contribution is 2.20. The number of benzene rings is 2. The number of fused-ring (bicyclic) bond motifs is 1. The van der Waals surface area contributed by atoms with Gasteiger partial charge in [0.2, 0.25) is 0 Å². The van der Waals surface area contributed by atoms with Crippen molar-refractivity contribution in [1.82, 2.24) is 9.55 Å². The molecule has 140 valence electrons. The molecule has 2 aromatic carbocycles. The lowest BCUT2D eigenvalue weighted by molar-refractivity contribution is 0.0982. The molecule has 1 N–H and O–H groups in total. The Bertz CT molecular complexity index is 970. The monoisotopic (exact) mass is 382 g/mol. The molecule has 0 radical (unpaired) electrons. The van der Waals surface area contributed by atoms with E-state index < -0.39 is 0 Å². The van der Waals surface area contributed by atoms with Crippen LogP contribution in [0.25, 0.3) is 10.9 Å². The third-order valence-corrected chi connectivity index (χ3v) is 5.30. The molecule has 0 atom stereocenters. The van der Waals surface area contributed by atoms with Gasteiger partial charge in [0.15, 0.2) is 10.9 Å². The molecule has 3 rings (SSSR count). The van der Waals surface area contributed by atoms with Gasteiger partial charge in [0.05, 0.1) is 10.9 Å². The number of carbonyl (C=O) groups excluding carboxylic acids is 1. The lowest BCUT2D eigenvalue weighted by Gasteiger charge is -2.12. The van der Waals surface area contributed by atoms with Crippen LogP contribution in [0.2, 0.25) is 0 Å². The van der Waals surface area contributed by atoms with E-state index in [1.165, 1.54) is 11.8 Å². The SMILES string of the molecule is O=C(CCCSc1nc2ccccc2c(=O)n1CCCO)c1ccccc1. The summed E-state index contributed by atoms with van der Waals surface area (Å²) in [6, 6.07) is 16.6. The zero-order valence-electron chi connectivity index (χ0n) is 15.0. The van der Waals surface area contributed by atoms with E-state index in [0.717, 1.165) is 5.56 Å². The number of nitrogens with zero attached hydrogens (tertiary/aromatic N) is 2. The second-order valence-electron chi connectivity index (χ2n) is 6.19. The van der Waals surface area contributed by atoms with Crippen LogP contribution in [-0.4, -0.2) is 32.8 Å². The summed E-state index contributed by atoms with van der Waals surface area (Å²) < 4.78 is 1.63. The van der Waals surface area contributed by atoms with Crippen molar-refractivity contribution < 1.29 is 9.90 Å². The molecule has 6 heteroatoms. The minimum Gasteiger partial charge on any atom is -0.396 e. The van der Waals surface area contributed by atoms with Gasteiger partial charge in [-0.05, 0) is 25.0 Å². The van der Waals surface area contributed by atoms with Crippen molar-refractivity contribution in [3.63, 3.8) is 0 Å². The van der Waals surface area contributed by atoms with Gasteiger partial charge in [0.1, 0.15) is 0 Å². The number of aromatic nitrogens is 2. The van der Waals surface area contributed by atoms with Crippen LogP contribution in [0.5, 0.6) is 0 Å². The number of carbonyl (C=O) groups is 1. The topological polar surface area (TPSA) is 72.2 Å². The predicted octanol–water partition coefficient (Wildman–Crippen LogP) is 3.53. The molecule has 27 heavy (non-hydrogen) atoms. The minimum absolute atomic E-state index is 0.0228. The Morgan fingerprint density at radius 2 is 1.78 bits per heavy atom. The molecular formula is C21H22N2O3S. The molecule has 0 fully saturated rings. The minimum atomic E-state index is -0.0862. The number of aliphatic hydroxyl groups is 1. The summed E-state index contributed by atoms with van der Waals surface area (Å²) in [5, 5.41) is 10.3. The molecule has 0 bridgehead atoms. The summed E-state index contributed by atoms with van der Waals surface area (Å²) in [6.45, 7) is 0.452. The summed E-state index contributed by atoms with van der Waals surface area (Å²) in [5.74, 6) is 0.822. The third-order valence-electron chi connectivity index (χ3n) is 4.24. The Morgan fingerprint density at radius 3 is 2.56 bits per heavy atom. The standard InChI is InChI=1S/C21H22N2O3S/c24-14-7-13-23-20(26)17-10-4-5-11-18(17)22-21(23)27-15-6-12-19(25)16-8-2-1-3-9-16/h1-5,8-11,24H,6-7,12-15H2. The first-order valence-corrected chi connectivity index (χ1v) is 10.0. The number of hydrogen-bond donors (Lipinski definition) is 1. The Hall–Kier alpha value is -2.44. The smallest absolute Gasteiger partial charge is 0.262 e. The third kappa shape index (κ3) is 4.84. The maximum absolute atomic E-state index is 12.8. The molecule has 1 aromatic heterocycles. The largest absolute Gasteiger partial charge is 0.396 e. The second kappa shape index (κ2) is 9.48. The normalized spacial score (nSPS) is 11.0. The Kier molecular flexibility index (Phi) is 6.79. The van der Waals surface area contributed by atoms with E-state index >= 15 is 0 Å². The Morgan fingerprint density at radius 1 is 1.04 bits per heavy atom. The molecular weight excluding hydrogens is 360 g/mol. The van der Waals surface area contributed by atoms with E-state index in [2.05, 4.69) is 4.98 Å². The molecule has 0 aliphatic carbocycles. The summed E-state index contributed by atoms with van der Waals surface area (Å²) in [6.07, 6.45) is 1.67. The van der Waals surface area contributed by atoms with Crippen molar-refractivity contribution >= 4 is 28.4 Å². The number of aliphatic hydroxyl groups excluding tert-OH is 1. The molecule has 0 saturated heterocycles. The van der Waals surface area contributed by atoms with Crippen molar-refractivity contribution in [1.29, 1.82) is 0 Å². The molecule has 5 nitrogen and oxygen atoms in total. The first-order valence-electron chi connectivity index (χ1n) is 9.02. The van der Waals surface area contributed by atoms with Gasteiger partial charge in [0, 0.05) is 30.9 Å². The molecule has 0 aliphatic heterocycles. The summed E-state index contributed by atoms with van der Waals surface area (Å²) in [5.41, 5.74) is 1.31. The van der Waals surface area contributed by atoms with Crippen LogP contribution >= 0.6 is 11.8 Å². The first-order chi connectivity index (χ1) is 13.2.